The number of aromatic nitrogens is 1. The van der Waals surface area contributed by atoms with Crippen molar-refractivity contribution in [1.82, 2.24) is 9.71 Å². The summed E-state index contributed by atoms with van der Waals surface area (Å²) in [6, 6.07) is 15.8. The number of ether oxygens (including phenoxy) is 1. The number of nitrogens with one attached hydrogen (secondary N) is 1. The molecule has 0 aliphatic heterocycles. The van der Waals surface area contributed by atoms with E-state index in [4.69, 9.17) is 14.3 Å². The lowest BCUT2D eigenvalue weighted by molar-refractivity contribution is -0.136. The minimum Gasteiger partial charge on any atom is -0.493 e. The van der Waals surface area contributed by atoms with Crippen molar-refractivity contribution in [2.45, 2.75) is 52.4 Å². The number of carboxylic acids is 1. The molecule has 0 saturated carbocycles. The quantitative estimate of drug-likeness (QED) is 0.207. The van der Waals surface area contributed by atoms with Crippen molar-refractivity contribution in [2.24, 2.45) is 0 Å². The van der Waals surface area contributed by atoms with Gasteiger partial charge in [0, 0.05) is 30.7 Å². The van der Waals surface area contributed by atoms with Crippen LogP contribution in [0.15, 0.2) is 52.9 Å². The Labute approximate surface area is 206 Å². The van der Waals surface area contributed by atoms with Crippen molar-refractivity contribution in [3.8, 4) is 17.2 Å². The summed E-state index contributed by atoms with van der Waals surface area (Å²) in [6.45, 7) is 5.43. The van der Waals surface area contributed by atoms with Crippen LogP contribution in [0.2, 0.25) is 0 Å². The highest BCUT2D eigenvalue weighted by atomic mass is 32.2. The smallest absolute Gasteiger partial charge is 0.303 e. The maximum Gasteiger partial charge on any atom is 0.303 e. The monoisotopic (exact) mass is 482 g/mol. The maximum absolute atomic E-state index is 11.1. The van der Waals surface area contributed by atoms with Gasteiger partial charge in [0.2, 0.25) is 5.89 Å². The van der Waals surface area contributed by atoms with E-state index in [1.54, 1.807) is 11.9 Å². The van der Waals surface area contributed by atoms with Crippen LogP contribution in [0.4, 0.5) is 0 Å². The molecule has 0 atom stereocenters. The van der Waals surface area contributed by atoms with Gasteiger partial charge in [0.25, 0.3) is 0 Å². The molecule has 0 bridgehead atoms. The number of hydrogen-bond donors (Lipinski definition) is 2. The fraction of sp³-hybridized carbons (Fsp3) is 0.407. The lowest BCUT2D eigenvalue weighted by atomic mass is 10.00. The normalized spacial score (nSPS) is 11.0. The van der Waals surface area contributed by atoms with Gasteiger partial charge < -0.3 is 14.3 Å². The molecule has 0 radical (unpaired) electrons. The van der Waals surface area contributed by atoms with E-state index >= 15 is 0 Å². The second-order valence-corrected chi connectivity index (χ2v) is 9.14. The van der Waals surface area contributed by atoms with Gasteiger partial charge in [0.1, 0.15) is 11.5 Å². The van der Waals surface area contributed by atoms with E-state index in [-0.39, 0.29) is 6.42 Å². The first kappa shape index (κ1) is 25.8. The Morgan fingerprint density at radius 3 is 2.71 bits per heavy atom. The van der Waals surface area contributed by atoms with Gasteiger partial charge in [-0.2, -0.15) is 0 Å². The molecule has 2 N–H and O–H groups in total. The van der Waals surface area contributed by atoms with Crippen molar-refractivity contribution in [1.29, 1.82) is 0 Å². The first-order valence-electron chi connectivity index (χ1n) is 11.9. The molecular formula is C27H34N2O4S. The van der Waals surface area contributed by atoms with Crippen LogP contribution in [0.5, 0.6) is 5.75 Å². The molecule has 3 aromatic rings. The Bertz CT molecular complexity index is 1040. The number of rotatable bonds is 15. The minimum absolute atomic E-state index is 0.126. The van der Waals surface area contributed by atoms with Crippen LogP contribution in [-0.4, -0.2) is 35.0 Å². The molecule has 6 nitrogen and oxygen atoms in total. The molecule has 0 aliphatic carbocycles. The fourth-order valence-electron chi connectivity index (χ4n) is 3.59. The highest BCUT2D eigenvalue weighted by molar-refractivity contribution is 7.97. The van der Waals surface area contributed by atoms with E-state index < -0.39 is 5.97 Å². The first-order chi connectivity index (χ1) is 16.6. The number of nitrogens with zero attached hydrogens (tertiary/aromatic N) is 1. The van der Waals surface area contributed by atoms with Gasteiger partial charge in [0.05, 0.1) is 12.3 Å². The summed E-state index contributed by atoms with van der Waals surface area (Å²) < 4.78 is 15.3. The molecular weight excluding hydrogens is 448 g/mol. The van der Waals surface area contributed by atoms with E-state index in [2.05, 4.69) is 16.6 Å². The zero-order valence-electron chi connectivity index (χ0n) is 20.0. The van der Waals surface area contributed by atoms with Gasteiger partial charge in [-0.05, 0) is 61.6 Å². The van der Waals surface area contributed by atoms with Crippen LogP contribution in [0.3, 0.4) is 0 Å². The predicted molar refractivity (Wildman–Crippen MR) is 137 cm³/mol. The molecule has 7 heteroatoms. The number of benzene rings is 2. The van der Waals surface area contributed by atoms with Crippen molar-refractivity contribution < 1.29 is 19.1 Å². The molecule has 34 heavy (non-hydrogen) atoms. The maximum atomic E-state index is 11.1. The van der Waals surface area contributed by atoms with E-state index in [1.807, 2.05) is 55.5 Å². The number of aryl methyl sites for hydroxylation is 2. The molecule has 0 aliphatic rings. The zero-order valence-corrected chi connectivity index (χ0v) is 20.8. The van der Waals surface area contributed by atoms with Crippen molar-refractivity contribution in [2.75, 3.05) is 18.9 Å². The Balaban J connectivity index is 1.58. The second-order valence-electron chi connectivity index (χ2n) is 8.16. The summed E-state index contributed by atoms with van der Waals surface area (Å²) in [4.78, 5) is 15.7. The number of carbonyl (C=O) groups is 1. The average molecular weight is 483 g/mol. The van der Waals surface area contributed by atoms with Gasteiger partial charge in [-0.15, -0.1) is 0 Å². The third kappa shape index (κ3) is 8.22. The van der Waals surface area contributed by atoms with E-state index in [0.29, 0.717) is 25.3 Å². The summed E-state index contributed by atoms with van der Waals surface area (Å²) >= 11 is 1.75. The van der Waals surface area contributed by atoms with Gasteiger partial charge in [0.15, 0.2) is 0 Å². The van der Waals surface area contributed by atoms with E-state index in [9.17, 15) is 4.79 Å². The third-order valence-corrected chi connectivity index (χ3v) is 6.41. The Kier molecular flexibility index (Phi) is 10.5. The largest absolute Gasteiger partial charge is 0.493 e. The first-order valence-corrected chi connectivity index (χ1v) is 12.9. The Hall–Kier alpha value is -2.77. The summed E-state index contributed by atoms with van der Waals surface area (Å²) in [5.41, 5.74) is 4.05. The number of oxazole rings is 1. The van der Waals surface area contributed by atoms with Crippen molar-refractivity contribution >= 4 is 17.9 Å². The molecule has 0 unspecified atom stereocenters. The zero-order chi connectivity index (χ0) is 24.2. The molecule has 2 aromatic carbocycles. The van der Waals surface area contributed by atoms with Crippen LogP contribution in [-0.2, 0) is 24.1 Å². The fourth-order valence-corrected chi connectivity index (χ4v) is 4.41. The van der Waals surface area contributed by atoms with Gasteiger partial charge in [-0.25, -0.2) is 4.98 Å². The average Bonchev–Trinajstić information content (AvgIpc) is 3.21. The van der Waals surface area contributed by atoms with Crippen molar-refractivity contribution in [3.63, 3.8) is 0 Å². The third-order valence-electron chi connectivity index (χ3n) is 5.51. The molecule has 0 amide bonds. The van der Waals surface area contributed by atoms with Crippen LogP contribution in [0, 0.1) is 6.92 Å². The van der Waals surface area contributed by atoms with Gasteiger partial charge in [-0.1, -0.05) is 49.6 Å². The van der Waals surface area contributed by atoms with Crippen LogP contribution < -0.4 is 9.46 Å². The highest BCUT2D eigenvalue weighted by Crippen LogP contribution is 2.23. The molecule has 0 saturated heterocycles. The number of carboxylic acid groups (broad SMARTS) is 1. The Morgan fingerprint density at radius 2 is 1.94 bits per heavy atom. The molecule has 3 rings (SSSR count). The van der Waals surface area contributed by atoms with Crippen LogP contribution >= 0.6 is 11.9 Å². The molecule has 0 fully saturated rings. The molecule has 1 heterocycles. The predicted octanol–water partition coefficient (Wildman–Crippen LogP) is 5.87. The summed E-state index contributed by atoms with van der Waals surface area (Å²) in [7, 11) is 0. The minimum atomic E-state index is -0.780. The Morgan fingerprint density at radius 1 is 1.12 bits per heavy atom. The van der Waals surface area contributed by atoms with E-state index in [0.717, 1.165) is 52.6 Å². The van der Waals surface area contributed by atoms with Crippen LogP contribution in [0.25, 0.3) is 11.5 Å². The number of aliphatic carboxylic acids is 1. The molecule has 0 spiro atoms. The van der Waals surface area contributed by atoms with Crippen LogP contribution in [0.1, 0.15) is 48.8 Å². The van der Waals surface area contributed by atoms with Gasteiger partial charge >= 0.3 is 5.97 Å². The highest BCUT2D eigenvalue weighted by Gasteiger charge is 2.12. The molecule has 1 aromatic heterocycles. The lowest BCUT2D eigenvalue weighted by Crippen LogP contribution is -2.11. The topological polar surface area (TPSA) is 84.6 Å². The SMILES string of the molecule is CCCCSNCCc1cc(OCCc2nc(-c3ccccc3)oc2C)ccc1CCC(=O)O. The summed E-state index contributed by atoms with van der Waals surface area (Å²) in [5, 5.41) is 9.08. The van der Waals surface area contributed by atoms with Crippen molar-refractivity contribution in [3.05, 3.63) is 71.1 Å². The molecule has 182 valence electrons. The van der Waals surface area contributed by atoms with Gasteiger partial charge in [-0.3, -0.25) is 9.52 Å². The number of unbranched alkanes of at least 4 members (excludes halogenated alkanes) is 1. The summed E-state index contributed by atoms with van der Waals surface area (Å²) in [5.74, 6) is 2.54. The van der Waals surface area contributed by atoms with E-state index in [1.165, 1.54) is 12.8 Å². The summed E-state index contributed by atoms with van der Waals surface area (Å²) in [6.07, 6.45) is 4.51. The standard InChI is InChI=1S/C27H34N2O4S/c1-3-4-18-34-28-16-14-23-19-24(12-10-21(23)11-13-26(30)31)32-17-15-25-20(2)33-27(29-25)22-8-6-5-7-9-22/h5-10,12,19,28H,3-4,11,13-18H2,1-2H3,(H,30,31). The second kappa shape index (κ2) is 13.8. The number of hydrogen-bond acceptors (Lipinski definition) is 6. The lowest BCUT2D eigenvalue weighted by Gasteiger charge is -2.13.